The van der Waals surface area contributed by atoms with Crippen molar-refractivity contribution in [3.05, 3.63) is 49.1 Å². The van der Waals surface area contributed by atoms with Crippen LogP contribution in [0.15, 0.2) is 49.1 Å². The largest absolute Gasteiger partial charge is 0.487 e. The van der Waals surface area contributed by atoms with Crippen LogP contribution < -0.4 is 18.6 Å². The highest BCUT2D eigenvalue weighted by atomic mass is 16.5. The Morgan fingerprint density at radius 1 is 0.375 bits per heavy atom. The molecule has 0 saturated heterocycles. The average molecular weight is 667 g/mol. The third-order valence-electron chi connectivity index (χ3n) is 9.78. The van der Waals surface area contributed by atoms with Crippen molar-refractivity contribution in [3.63, 3.8) is 0 Å². The van der Waals surface area contributed by atoms with Gasteiger partial charge in [-0.2, -0.15) is 0 Å². The second-order valence-corrected chi connectivity index (χ2v) is 14.4. The summed E-state index contributed by atoms with van der Waals surface area (Å²) in [5.74, 6) is 2.02. The number of pyridine rings is 2. The van der Waals surface area contributed by atoms with Gasteiger partial charge in [0.05, 0.1) is 13.2 Å². The van der Waals surface area contributed by atoms with Gasteiger partial charge in [-0.1, -0.05) is 155 Å². The van der Waals surface area contributed by atoms with Gasteiger partial charge in [0.25, 0.3) is 0 Å². The Hall–Kier alpha value is -2.10. The van der Waals surface area contributed by atoms with Gasteiger partial charge in [0.1, 0.15) is 13.1 Å². The zero-order valence-electron chi connectivity index (χ0n) is 32.0. The van der Waals surface area contributed by atoms with Gasteiger partial charge in [0.2, 0.25) is 12.4 Å². The van der Waals surface area contributed by atoms with Gasteiger partial charge in [0, 0.05) is 25.0 Å². The maximum absolute atomic E-state index is 6.08. The van der Waals surface area contributed by atoms with Crippen molar-refractivity contribution in [3.8, 4) is 11.5 Å². The molecule has 0 aromatic carbocycles. The van der Waals surface area contributed by atoms with Crippen molar-refractivity contribution in [1.29, 1.82) is 0 Å². The van der Waals surface area contributed by atoms with Crippen molar-refractivity contribution in [2.45, 2.75) is 207 Å². The highest BCUT2D eigenvalue weighted by Gasteiger charge is 2.06. The smallest absolute Gasteiger partial charge is 0.211 e. The van der Waals surface area contributed by atoms with Gasteiger partial charge in [0.15, 0.2) is 23.9 Å². The molecule has 4 heteroatoms. The standard InChI is InChI=1S/C44H78N2O2/c1-3-5-7-9-11-13-15-17-19-21-25-29-39-47-43-33-31-37-45(41-43)35-27-23-24-28-36-46-38-32-34-44(42-46)48-40-30-26-22-20-18-16-14-12-10-8-6-4-2/h31-34,37-38,41-42H,3-30,35-36,39-40H2,1-2H3/q+2. The number of ether oxygens (including phenoxy) is 2. The highest BCUT2D eigenvalue weighted by Crippen LogP contribution is 2.15. The minimum Gasteiger partial charge on any atom is -0.487 e. The summed E-state index contributed by atoms with van der Waals surface area (Å²) in [6.07, 6.45) is 46.7. The zero-order chi connectivity index (χ0) is 34.0. The molecule has 48 heavy (non-hydrogen) atoms. The lowest BCUT2D eigenvalue weighted by atomic mass is 10.1. The summed E-state index contributed by atoms with van der Waals surface area (Å²) in [5, 5.41) is 0. The van der Waals surface area contributed by atoms with Crippen molar-refractivity contribution >= 4 is 0 Å². The van der Waals surface area contributed by atoms with Crippen LogP contribution in [0.5, 0.6) is 11.5 Å². The fourth-order valence-electron chi connectivity index (χ4n) is 6.65. The first kappa shape index (κ1) is 42.1. The van der Waals surface area contributed by atoms with E-state index in [1.807, 2.05) is 0 Å². The van der Waals surface area contributed by atoms with E-state index in [0.29, 0.717) is 0 Å². The molecule has 0 N–H and O–H groups in total. The van der Waals surface area contributed by atoms with Gasteiger partial charge >= 0.3 is 0 Å². The molecule has 4 nitrogen and oxygen atoms in total. The van der Waals surface area contributed by atoms with Gasteiger partial charge in [-0.15, -0.1) is 0 Å². The number of rotatable bonds is 35. The van der Waals surface area contributed by atoms with Crippen LogP contribution in [0.4, 0.5) is 0 Å². The van der Waals surface area contributed by atoms with Crippen molar-refractivity contribution in [2.24, 2.45) is 0 Å². The van der Waals surface area contributed by atoms with E-state index in [1.54, 1.807) is 0 Å². The summed E-state index contributed by atoms with van der Waals surface area (Å²) in [5.41, 5.74) is 0. The quantitative estimate of drug-likeness (QED) is 0.0540. The maximum atomic E-state index is 6.08. The highest BCUT2D eigenvalue weighted by molar-refractivity contribution is 5.13. The summed E-state index contributed by atoms with van der Waals surface area (Å²) in [6.45, 7) is 8.38. The van der Waals surface area contributed by atoms with Gasteiger partial charge in [-0.3, -0.25) is 0 Å². The van der Waals surface area contributed by atoms with E-state index in [2.05, 4.69) is 72.0 Å². The second kappa shape index (κ2) is 32.1. The topological polar surface area (TPSA) is 26.2 Å². The summed E-state index contributed by atoms with van der Waals surface area (Å²) in [7, 11) is 0. The van der Waals surface area contributed by atoms with E-state index in [-0.39, 0.29) is 0 Å². The van der Waals surface area contributed by atoms with E-state index < -0.39 is 0 Å². The van der Waals surface area contributed by atoms with Crippen LogP contribution in [0, 0.1) is 0 Å². The summed E-state index contributed by atoms with van der Waals surface area (Å²) in [6, 6.07) is 8.46. The Bertz CT molecular complexity index is 887. The summed E-state index contributed by atoms with van der Waals surface area (Å²) >= 11 is 0. The molecule has 274 valence electrons. The SMILES string of the molecule is CCCCCCCCCCCCCCOc1ccc[n+](CCCCCC[n+]2cccc(OCCCCCCCCCCCCCC)c2)c1. The molecule has 0 fully saturated rings. The molecular formula is C44H78N2O2+2. The van der Waals surface area contributed by atoms with Crippen molar-refractivity contribution in [2.75, 3.05) is 13.2 Å². The number of nitrogens with zero attached hydrogens (tertiary/aromatic N) is 2. The molecule has 0 atom stereocenters. The maximum Gasteiger partial charge on any atom is 0.211 e. The Labute approximate surface area is 298 Å². The monoisotopic (exact) mass is 667 g/mol. The normalized spacial score (nSPS) is 11.3. The predicted octanol–water partition coefficient (Wildman–Crippen LogP) is 12.7. The molecule has 0 saturated carbocycles. The third kappa shape index (κ3) is 25.0. The van der Waals surface area contributed by atoms with Crippen LogP contribution >= 0.6 is 0 Å². The Morgan fingerprint density at radius 2 is 0.667 bits per heavy atom. The predicted molar refractivity (Wildman–Crippen MR) is 205 cm³/mol. The van der Waals surface area contributed by atoms with Crippen LogP contribution in [0.1, 0.15) is 194 Å². The van der Waals surface area contributed by atoms with E-state index in [4.69, 9.17) is 9.47 Å². The molecule has 0 aliphatic carbocycles. The molecule has 2 heterocycles. The Kier molecular flexibility index (Phi) is 28.2. The minimum absolute atomic E-state index is 0.838. The first-order valence-corrected chi connectivity index (χ1v) is 21.1. The average Bonchev–Trinajstić information content (AvgIpc) is 3.11. The van der Waals surface area contributed by atoms with Crippen LogP contribution in [0.2, 0.25) is 0 Å². The van der Waals surface area contributed by atoms with E-state index in [1.165, 1.54) is 180 Å². The lowest BCUT2D eigenvalue weighted by molar-refractivity contribution is -0.699. The molecular weight excluding hydrogens is 588 g/mol. The Morgan fingerprint density at radius 3 is 1.00 bits per heavy atom. The van der Waals surface area contributed by atoms with Crippen LogP contribution in [-0.4, -0.2) is 13.2 Å². The van der Waals surface area contributed by atoms with Gasteiger partial charge in [-0.25, -0.2) is 9.13 Å². The fourth-order valence-corrected chi connectivity index (χ4v) is 6.65. The minimum atomic E-state index is 0.838. The number of aromatic nitrogens is 2. The molecule has 0 aliphatic heterocycles. The summed E-state index contributed by atoms with van der Waals surface area (Å²) in [4.78, 5) is 0. The third-order valence-corrected chi connectivity index (χ3v) is 9.78. The molecule has 0 radical (unpaired) electrons. The number of aryl methyl sites for hydroxylation is 2. The van der Waals surface area contributed by atoms with Crippen LogP contribution in [0.3, 0.4) is 0 Å². The molecule has 0 spiro atoms. The molecule has 2 aromatic heterocycles. The van der Waals surface area contributed by atoms with Gasteiger partial charge in [-0.05, 0) is 37.8 Å². The van der Waals surface area contributed by atoms with Crippen molar-refractivity contribution < 1.29 is 18.6 Å². The molecule has 0 bridgehead atoms. The lowest BCUT2D eigenvalue weighted by Gasteiger charge is -2.06. The van der Waals surface area contributed by atoms with Crippen LogP contribution in [-0.2, 0) is 13.1 Å². The van der Waals surface area contributed by atoms with Crippen LogP contribution in [0.25, 0.3) is 0 Å². The molecule has 2 rings (SSSR count). The molecule has 0 unspecified atom stereocenters. The first-order valence-electron chi connectivity index (χ1n) is 21.1. The fraction of sp³-hybridized carbons (Fsp3) is 0.773. The van der Waals surface area contributed by atoms with E-state index in [9.17, 15) is 0 Å². The number of hydrogen-bond acceptors (Lipinski definition) is 2. The number of hydrogen-bond donors (Lipinski definition) is 0. The van der Waals surface area contributed by atoms with E-state index >= 15 is 0 Å². The molecule has 0 amide bonds. The molecule has 2 aromatic rings. The van der Waals surface area contributed by atoms with Gasteiger partial charge < -0.3 is 9.47 Å². The lowest BCUT2D eigenvalue weighted by Crippen LogP contribution is -2.33. The second-order valence-electron chi connectivity index (χ2n) is 14.4. The number of unbranched alkanes of at least 4 members (excludes halogenated alkanes) is 25. The Balaban J connectivity index is 1.41. The summed E-state index contributed by atoms with van der Waals surface area (Å²) < 4.78 is 16.7. The van der Waals surface area contributed by atoms with E-state index in [0.717, 1.165) is 37.8 Å². The van der Waals surface area contributed by atoms with Crippen molar-refractivity contribution in [1.82, 2.24) is 0 Å². The zero-order valence-corrected chi connectivity index (χ0v) is 32.0. The first-order chi connectivity index (χ1) is 23.8. The molecule has 0 aliphatic rings.